The second-order valence-electron chi connectivity index (χ2n) is 6.00. The van der Waals surface area contributed by atoms with Crippen molar-refractivity contribution in [3.8, 4) is 0 Å². The van der Waals surface area contributed by atoms with Crippen molar-refractivity contribution < 1.29 is 48.6 Å². The maximum atomic E-state index is 11.4. The Labute approximate surface area is 157 Å². The summed E-state index contributed by atoms with van der Waals surface area (Å²) < 4.78 is 25.3. The quantitative estimate of drug-likeness (QED) is 0.238. The molecule has 0 amide bonds. The topological polar surface area (TPSA) is 144 Å². The fourth-order valence-corrected chi connectivity index (χ4v) is 2.67. The lowest BCUT2D eigenvalue weighted by Gasteiger charge is -2.22. The van der Waals surface area contributed by atoms with Crippen molar-refractivity contribution in [2.75, 3.05) is 54.2 Å². The Kier molecular flexibility index (Phi) is 10.7. The lowest BCUT2D eigenvalue weighted by atomic mass is 10.1. The van der Waals surface area contributed by atoms with Crippen molar-refractivity contribution in [3.63, 3.8) is 0 Å². The van der Waals surface area contributed by atoms with Crippen LogP contribution in [-0.2, 0) is 33.3 Å². The number of rotatable bonds is 12. The van der Waals surface area contributed by atoms with Crippen LogP contribution in [0.5, 0.6) is 0 Å². The highest BCUT2D eigenvalue weighted by atomic mass is 16.7. The van der Waals surface area contributed by atoms with E-state index in [-0.39, 0.29) is 19.7 Å². The zero-order valence-corrected chi connectivity index (χ0v) is 15.8. The van der Waals surface area contributed by atoms with Crippen molar-refractivity contribution in [2.24, 2.45) is 0 Å². The highest BCUT2D eigenvalue weighted by molar-refractivity contribution is 5.74. The van der Waals surface area contributed by atoms with Gasteiger partial charge in [-0.15, -0.1) is 0 Å². The Balaban J connectivity index is 2.50. The summed E-state index contributed by atoms with van der Waals surface area (Å²) in [5.41, 5.74) is 0. The van der Waals surface area contributed by atoms with Gasteiger partial charge in [0.25, 0.3) is 0 Å². The second-order valence-corrected chi connectivity index (χ2v) is 6.00. The van der Waals surface area contributed by atoms with Gasteiger partial charge in [-0.25, -0.2) is 0 Å². The third-order valence-corrected chi connectivity index (χ3v) is 4.12. The maximum Gasteiger partial charge on any atom is 0.319 e. The normalized spacial score (nSPS) is 26.2. The van der Waals surface area contributed by atoms with Crippen LogP contribution in [0, 0.1) is 0 Å². The van der Waals surface area contributed by atoms with Gasteiger partial charge in [0.2, 0.25) is 0 Å². The van der Waals surface area contributed by atoms with Crippen molar-refractivity contribution in [1.82, 2.24) is 4.90 Å². The zero-order chi connectivity index (χ0) is 20.4. The summed E-state index contributed by atoms with van der Waals surface area (Å²) in [5, 5.41) is 28.9. The zero-order valence-electron chi connectivity index (χ0n) is 15.8. The molecule has 158 valence electrons. The molecule has 1 heterocycles. The number of ether oxygens (including phenoxy) is 5. The molecule has 1 aliphatic heterocycles. The van der Waals surface area contributed by atoms with Gasteiger partial charge >= 0.3 is 11.9 Å². The number of hydrogen-bond donors (Lipinski definition) is 3. The van der Waals surface area contributed by atoms with E-state index in [9.17, 15) is 19.8 Å². The van der Waals surface area contributed by atoms with Crippen LogP contribution in [-0.4, -0.2) is 117 Å². The van der Waals surface area contributed by atoms with Gasteiger partial charge in [0.05, 0.1) is 33.9 Å². The van der Waals surface area contributed by atoms with Gasteiger partial charge in [0, 0.05) is 20.3 Å². The molecule has 0 aromatic rings. The van der Waals surface area contributed by atoms with Gasteiger partial charge in [0.15, 0.2) is 6.29 Å². The number of carbonyl (C=O) groups excluding carboxylic acids is 2. The molecule has 5 atom stereocenters. The Hall–Kier alpha value is -1.34. The van der Waals surface area contributed by atoms with E-state index in [1.807, 2.05) is 0 Å². The molecule has 1 rings (SSSR count). The van der Waals surface area contributed by atoms with Gasteiger partial charge in [-0.3, -0.25) is 14.5 Å². The number of carbonyl (C=O) groups is 2. The third kappa shape index (κ3) is 7.30. The van der Waals surface area contributed by atoms with Crippen LogP contribution in [0.15, 0.2) is 0 Å². The van der Waals surface area contributed by atoms with Crippen LogP contribution >= 0.6 is 0 Å². The fourth-order valence-electron chi connectivity index (χ4n) is 2.67. The van der Waals surface area contributed by atoms with Crippen LogP contribution in [0.1, 0.15) is 6.42 Å². The molecule has 11 heteroatoms. The summed E-state index contributed by atoms with van der Waals surface area (Å²) >= 11 is 0. The number of methoxy groups -OCH3 is 3. The lowest BCUT2D eigenvalue weighted by Crippen LogP contribution is -2.42. The highest BCUT2D eigenvalue weighted by Gasteiger charge is 2.47. The molecule has 27 heavy (non-hydrogen) atoms. The van der Waals surface area contributed by atoms with E-state index in [0.717, 1.165) is 0 Å². The second kappa shape index (κ2) is 12.2. The average molecular weight is 395 g/mol. The van der Waals surface area contributed by atoms with Gasteiger partial charge in [-0.05, 0) is 6.42 Å². The van der Waals surface area contributed by atoms with Crippen molar-refractivity contribution in [2.45, 2.75) is 37.1 Å². The van der Waals surface area contributed by atoms with E-state index in [1.165, 1.54) is 21.3 Å². The number of aliphatic hydroxyl groups excluding tert-OH is 3. The van der Waals surface area contributed by atoms with Crippen LogP contribution in [0.25, 0.3) is 0 Å². The van der Waals surface area contributed by atoms with Crippen LogP contribution in [0.3, 0.4) is 0 Å². The van der Waals surface area contributed by atoms with E-state index in [1.54, 1.807) is 4.90 Å². The SMILES string of the molecule is COC(=O)CN(CCCO[C@H]1C(OC)O[C@H]([C@H](O)CO)[C@@H]1O)CC(=O)OC. The van der Waals surface area contributed by atoms with Crippen LogP contribution < -0.4 is 0 Å². The minimum atomic E-state index is -1.26. The Morgan fingerprint density at radius 2 is 1.74 bits per heavy atom. The van der Waals surface area contributed by atoms with Crippen molar-refractivity contribution >= 4 is 11.9 Å². The van der Waals surface area contributed by atoms with Crippen molar-refractivity contribution in [1.29, 1.82) is 0 Å². The van der Waals surface area contributed by atoms with Crippen LogP contribution in [0.4, 0.5) is 0 Å². The Morgan fingerprint density at radius 3 is 2.22 bits per heavy atom. The van der Waals surface area contributed by atoms with E-state index in [0.29, 0.717) is 13.0 Å². The third-order valence-electron chi connectivity index (χ3n) is 4.12. The minimum Gasteiger partial charge on any atom is -0.468 e. The average Bonchev–Trinajstić information content (AvgIpc) is 2.99. The molecule has 0 aromatic carbocycles. The van der Waals surface area contributed by atoms with Gasteiger partial charge in [-0.1, -0.05) is 0 Å². The molecule has 1 unspecified atom stereocenters. The van der Waals surface area contributed by atoms with E-state index in [4.69, 9.17) is 19.3 Å². The first-order valence-electron chi connectivity index (χ1n) is 8.50. The molecule has 0 aliphatic carbocycles. The van der Waals surface area contributed by atoms with Crippen LogP contribution in [0.2, 0.25) is 0 Å². The van der Waals surface area contributed by atoms with Gasteiger partial charge < -0.3 is 39.0 Å². The first kappa shape index (κ1) is 23.7. The van der Waals surface area contributed by atoms with Gasteiger partial charge in [-0.2, -0.15) is 0 Å². The number of esters is 2. The summed E-state index contributed by atoms with van der Waals surface area (Å²) in [4.78, 5) is 24.4. The summed E-state index contributed by atoms with van der Waals surface area (Å²) in [7, 11) is 3.88. The molecular formula is C16H29NO10. The molecule has 0 radical (unpaired) electrons. The highest BCUT2D eigenvalue weighted by Crippen LogP contribution is 2.26. The molecule has 0 saturated carbocycles. The standard InChI is InChI=1S/C16H29NO10/c1-23-11(20)7-17(8-12(21)24-2)5-4-6-26-15-13(22)14(10(19)9-18)27-16(15)25-3/h10,13-16,18-19,22H,4-9H2,1-3H3/t10-,13+,14-,15-,16?/m1/s1. The van der Waals surface area contributed by atoms with Crippen molar-refractivity contribution in [3.05, 3.63) is 0 Å². The number of aliphatic hydroxyl groups is 3. The van der Waals surface area contributed by atoms with E-state index >= 15 is 0 Å². The number of nitrogens with zero attached hydrogens (tertiary/aromatic N) is 1. The van der Waals surface area contributed by atoms with Gasteiger partial charge in [0.1, 0.15) is 24.4 Å². The molecule has 0 aromatic heterocycles. The van der Waals surface area contributed by atoms with E-state index in [2.05, 4.69) is 9.47 Å². The fraction of sp³-hybridized carbons (Fsp3) is 0.875. The molecule has 11 nitrogen and oxygen atoms in total. The molecule has 0 bridgehead atoms. The summed E-state index contributed by atoms with van der Waals surface area (Å²) in [6, 6.07) is 0. The summed E-state index contributed by atoms with van der Waals surface area (Å²) in [5.74, 6) is -0.973. The lowest BCUT2D eigenvalue weighted by molar-refractivity contribution is -0.175. The molecule has 3 N–H and O–H groups in total. The minimum absolute atomic E-state index is 0.0772. The molecule has 0 spiro atoms. The smallest absolute Gasteiger partial charge is 0.319 e. The Bertz CT molecular complexity index is 444. The number of hydrogen-bond acceptors (Lipinski definition) is 11. The molecule has 1 saturated heterocycles. The first-order chi connectivity index (χ1) is 12.9. The maximum absolute atomic E-state index is 11.4. The summed E-state index contributed by atoms with van der Waals surface area (Å²) in [6.45, 7) is -0.209. The Morgan fingerprint density at radius 1 is 1.15 bits per heavy atom. The predicted octanol–water partition coefficient (Wildman–Crippen LogP) is -2.50. The largest absolute Gasteiger partial charge is 0.468 e. The monoisotopic (exact) mass is 395 g/mol. The summed E-state index contributed by atoms with van der Waals surface area (Å²) in [6.07, 6.45) is -4.79. The molecule has 1 fully saturated rings. The molecular weight excluding hydrogens is 366 g/mol. The first-order valence-corrected chi connectivity index (χ1v) is 8.50. The van der Waals surface area contributed by atoms with E-state index < -0.39 is 49.3 Å². The predicted molar refractivity (Wildman–Crippen MR) is 89.6 cm³/mol. The molecule has 1 aliphatic rings.